The van der Waals surface area contributed by atoms with Crippen LogP contribution in [0.4, 0.5) is 5.69 Å². The minimum atomic E-state index is -0.527. The van der Waals surface area contributed by atoms with E-state index in [4.69, 9.17) is 4.74 Å². The zero-order valence-electron chi connectivity index (χ0n) is 12.5. The predicted molar refractivity (Wildman–Crippen MR) is 84.8 cm³/mol. The van der Waals surface area contributed by atoms with E-state index < -0.39 is 4.92 Å². The first-order valence-corrected chi connectivity index (χ1v) is 6.89. The highest BCUT2D eigenvalue weighted by Crippen LogP contribution is 2.24. The summed E-state index contributed by atoms with van der Waals surface area (Å²) in [7, 11) is 1.43. The Labute approximate surface area is 135 Å². The second-order valence-corrected chi connectivity index (χ2v) is 5.11. The average molecular weight is 330 g/mol. The number of ether oxygens (including phenoxy) is 1. The number of rotatable bonds is 4. The van der Waals surface area contributed by atoms with E-state index in [2.05, 4.69) is 10.6 Å². The van der Waals surface area contributed by atoms with Crippen LogP contribution in [-0.2, 0) is 0 Å². The van der Waals surface area contributed by atoms with E-state index in [1.807, 2.05) is 6.92 Å². The van der Waals surface area contributed by atoms with Crippen molar-refractivity contribution < 1.29 is 14.5 Å². The molecule has 7 nitrogen and oxygen atoms in total. The van der Waals surface area contributed by atoms with Crippen molar-refractivity contribution >= 4 is 24.0 Å². The Kier molecular flexibility index (Phi) is 6.58. The van der Waals surface area contributed by atoms with Gasteiger partial charge in [0.05, 0.1) is 17.6 Å². The van der Waals surface area contributed by atoms with Gasteiger partial charge in [0.15, 0.2) is 0 Å². The van der Waals surface area contributed by atoms with Gasteiger partial charge in [-0.15, -0.1) is 12.4 Å². The Balaban J connectivity index is 0.00000242. The van der Waals surface area contributed by atoms with Gasteiger partial charge in [0.2, 0.25) is 0 Å². The van der Waals surface area contributed by atoms with Gasteiger partial charge in [0.25, 0.3) is 11.6 Å². The number of nitrogens with one attached hydrogen (secondary N) is 2. The summed E-state index contributed by atoms with van der Waals surface area (Å²) < 4.78 is 5.12. The average Bonchev–Trinajstić information content (AvgIpc) is 2.48. The Morgan fingerprint density at radius 2 is 2.23 bits per heavy atom. The van der Waals surface area contributed by atoms with Crippen LogP contribution in [0.5, 0.6) is 5.75 Å². The van der Waals surface area contributed by atoms with Crippen molar-refractivity contribution in [2.45, 2.75) is 31.8 Å². The second-order valence-electron chi connectivity index (χ2n) is 5.11. The van der Waals surface area contributed by atoms with Gasteiger partial charge in [0.1, 0.15) is 5.75 Å². The van der Waals surface area contributed by atoms with Gasteiger partial charge >= 0.3 is 0 Å². The molecule has 2 rings (SSSR count). The van der Waals surface area contributed by atoms with Crippen LogP contribution in [0.3, 0.4) is 0 Å². The maximum Gasteiger partial charge on any atom is 0.270 e. The summed E-state index contributed by atoms with van der Waals surface area (Å²) in [4.78, 5) is 22.7. The lowest BCUT2D eigenvalue weighted by molar-refractivity contribution is -0.384. The molecule has 0 bridgehead atoms. The molecule has 1 saturated heterocycles. The highest BCUT2D eigenvalue weighted by molar-refractivity contribution is 5.97. The number of benzene rings is 1. The first kappa shape index (κ1) is 18.2. The minimum absolute atomic E-state index is 0. The number of halogens is 1. The molecule has 2 atom stereocenters. The van der Waals surface area contributed by atoms with E-state index in [1.54, 1.807) is 0 Å². The third-order valence-electron chi connectivity index (χ3n) is 3.72. The molecule has 22 heavy (non-hydrogen) atoms. The molecule has 1 amide bonds. The molecular formula is C14H20ClN3O4. The number of amides is 1. The molecule has 0 spiro atoms. The molecule has 0 saturated carbocycles. The molecule has 0 radical (unpaired) electrons. The normalized spacial score (nSPS) is 20.6. The number of carbonyl (C=O) groups is 1. The molecule has 122 valence electrons. The minimum Gasteiger partial charge on any atom is -0.496 e. The van der Waals surface area contributed by atoms with Gasteiger partial charge in [0, 0.05) is 24.2 Å². The van der Waals surface area contributed by atoms with E-state index in [9.17, 15) is 14.9 Å². The smallest absolute Gasteiger partial charge is 0.270 e. The molecule has 1 fully saturated rings. The van der Waals surface area contributed by atoms with E-state index in [0.29, 0.717) is 5.75 Å². The Hall–Kier alpha value is -1.86. The SMILES string of the molecule is COc1ccc([N+](=O)[O-])cc1C(=O)NC1CCCNC1C.Cl. The zero-order valence-corrected chi connectivity index (χ0v) is 13.3. The number of nitro groups is 1. The van der Waals surface area contributed by atoms with Crippen LogP contribution in [0.25, 0.3) is 0 Å². The molecule has 1 aliphatic rings. The van der Waals surface area contributed by atoms with E-state index in [0.717, 1.165) is 19.4 Å². The van der Waals surface area contributed by atoms with Crippen molar-refractivity contribution in [3.63, 3.8) is 0 Å². The predicted octanol–water partition coefficient (Wildman–Crippen LogP) is 1.90. The Bertz CT molecular complexity index is 553. The fraction of sp³-hybridized carbons (Fsp3) is 0.500. The first-order valence-electron chi connectivity index (χ1n) is 6.89. The lowest BCUT2D eigenvalue weighted by Gasteiger charge is -2.30. The number of hydrogen-bond acceptors (Lipinski definition) is 5. The van der Waals surface area contributed by atoms with Crippen molar-refractivity contribution in [3.05, 3.63) is 33.9 Å². The maximum absolute atomic E-state index is 12.4. The molecule has 2 N–H and O–H groups in total. The third kappa shape index (κ3) is 4.08. The molecule has 1 heterocycles. The van der Waals surface area contributed by atoms with Gasteiger partial charge in [-0.3, -0.25) is 14.9 Å². The standard InChI is InChI=1S/C14H19N3O4.ClH/c1-9-12(4-3-7-15-9)16-14(18)11-8-10(17(19)20)5-6-13(11)21-2;/h5-6,8-9,12,15H,3-4,7H2,1-2H3,(H,16,18);1H. The zero-order chi connectivity index (χ0) is 15.4. The highest BCUT2D eigenvalue weighted by atomic mass is 35.5. The largest absolute Gasteiger partial charge is 0.496 e. The summed E-state index contributed by atoms with van der Waals surface area (Å²) in [6.45, 7) is 2.95. The van der Waals surface area contributed by atoms with Crippen molar-refractivity contribution in [2.75, 3.05) is 13.7 Å². The first-order chi connectivity index (χ1) is 10.0. The van der Waals surface area contributed by atoms with Crippen LogP contribution in [-0.4, -0.2) is 36.6 Å². The summed E-state index contributed by atoms with van der Waals surface area (Å²) in [6, 6.07) is 4.19. The lowest BCUT2D eigenvalue weighted by Crippen LogP contribution is -2.51. The Morgan fingerprint density at radius 1 is 1.50 bits per heavy atom. The van der Waals surface area contributed by atoms with Gasteiger partial charge in [-0.1, -0.05) is 0 Å². The molecule has 1 aromatic rings. The van der Waals surface area contributed by atoms with Crippen LogP contribution >= 0.6 is 12.4 Å². The monoisotopic (exact) mass is 329 g/mol. The number of hydrogen-bond donors (Lipinski definition) is 2. The van der Waals surface area contributed by atoms with Crippen LogP contribution < -0.4 is 15.4 Å². The van der Waals surface area contributed by atoms with E-state index in [1.165, 1.54) is 25.3 Å². The number of nitro benzene ring substituents is 1. The number of nitrogens with zero attached hydrogens (tertiary/aromatic N) is 1. The van der Waals surface area contributed by atoms with Crippen molar-refractivity contribution in [1.82, 2.24) is 10.6 Å². The van der Waals surface area contributed by atoms with Crippen LogP contribution in [0, 0.1) is 10.1 Å². The van der Waals surface area contributed by atoms with E-state index in [-0.39, 0.29) is 41.6 Å². The summed E-state index contributed by atoms with van der Waals surface area (Å²) in [5.74, 6) is -0.0226. The Morgan fingerprint density at radius 3 is 2.82 bits per heavy atom. The van der Waals surface area contributed by atoms with Gasteiger partial charge < -0.3 is 15.4 Å². The van der Waals surface area contributed by atoms with Gasteiger partial charge in [-0.25, -0.2) is 0 Å². The lowest BCUT2D eigenvalue weighted by atomic mass is 9.99. The van der Waals surface area contributed by atoms with Crippen LogP contribution in [0.15, 0.2) is 18.2 Å². The molecule has 2 unspecified atom stereocenters. The third-order valence-corrected chi connectivity index (χ3v) is 3.72. The number of carbonyl (C=O) groups excluding carboxylic acids is 1. The summed E-state index contributed by atoms with van der Waals surface area (Å²) in [6.07, 6.45) is 1.87. The van der Waals surface area contributed by atoms with Crippen molar-refractivity contribution in [3.8, 4) is 5.75 Å². The molecule has 1 aromatic carbocycles. The summed E-state index contributed by atoms with van der Waals surface area (Å²) >= 11 is 0. The quantitative estimate of drug-likeness (QED) is 0.650. The number of non-ortho nitro benzene ring substituents is 1. The molecular weight excluding hydrogens is 310 g/mol. The molecule has 8 heteroatoms. The topological polar surface area (TPSA) is 93.5 Å². The molecule has 0 aliphatic carbocycles. The van der Waals surface area contributed by atoms with Gasteiger partial charge in [-0.2, -0.15) is 0 Å². The maximum atomic E-state index is 12.4. The van der Waals surface area contributed by atoms with Crippen molar-refractivity contribution in [1.29, 1.82) is 0 Å². The van der Waals surface area contributed by atoms with E-state index >= 15 is 0 Å². The van der Waals surface area contributed by atoms with Gasteiger partial charge in [-0.05, 0) is 32.4 Å². The summed E-state index contributed by atoms with van der Waals surface area (Å²) in [5, 5.41) is 17.1. The van der Waals surface area contributed by atoms with Crippen LogP contribution in [0.2, 0.25) is 0 Å². The fourth-order valence-electron chi connectivity index (χ4n) is 2.47. The second kappa shape index (κ2) is 7.95. The number of methoxy groups -OCH3 is 1. The van der Waals surface area contributed by atoms with Crippen LogP contribution in [0.1, 0.15) is 30.1 Å². The fourth-order valence-corrected chi connectivity index (χ4v) is 2.47. The summed E-state index contributed by atoms with van der Waals surface area (Å²) in [5.41, 5.74) is 0.0558. The number of piperidine rings is 1. The molecule has 0 aromatic heterocycles. The molecule has 1 aliphatic heterocycles. The highest BCUT2D eigenvalue weighted by Gasteiger charge is 2.25. The van der Waals surface area contributed by atoms with Crippen molar-refractivity contribution in [2.24, 2.45) is 0 Å².